The summed E-state index contributed by atoms with van der Waals surface area (Å²) in [6.07, 6.45) is 1.61. The molecule has 37 heavy (non-hydrogen) atoms. The number of carbonyl (C=O) groups excluding carboxylic acids is 2. The quantitative estimate of drug-likeness (QED) is 0.262. The van der Waals surface area contributed by atoms with Crippen LogP contribution in [0.3, 0.4) is 0 Å². The van der Waals surface area contributed by atoms with E-state index in [1.807, 2.05) is 25.1 Å². The standard InChI is InChI=1S/C29H27ClFNO4S/c1-18(2)21-12-11-19(3)15-26(21)35-14-13-32-28(33)27(37-29(32)34)16-20-7-4-5-10-25(20)36-17-22-23(30)8-6-9-24(22)31/h4-12,15-16,18H,13-14,17H2,1-3H3/b27-16-. The second-order valence-corrected chi connectivity index (χ2v) is 10.3. The maximum Gasteiger partial charge on any atom is 0.293 e. The van der Waals surface area contributed by atoms with Crippen molar-refractivity contribution in [2.45, 2.75) is 33.3 Å². The summed E-state index contributed by atoms with van der Waals surface area (Å²) >= 11 is 6.97. The van der Waals surface area contributed by atoms with Gasteiger partial charge >= 0.3 is 0 Å². The third kappa shape index (κ3) is 6.35. The average molecular weight is 540 g/mol. The highest BCUT2D eigenvalue weighted by molar-refractivity contribution is 8.18. The first-order chi connectivity index (χ1) is 17.7. The molecule has 5 nitrogen and oxygen atoms in total. The van der Waals surface area contributed by atoms with Crippen molar-refractivity contribution in [1.29, 1.82) is 0 Å². The molecule has 3 aromatic carbocycles. The normalized spacial score (nSPS) is 14.6. The highest BCUT2D eigenvalue weighted by Crippen LogP contribution is 2.34. The Morgan fingerprint density at radius 1 is 1.03 bits per heavy atom. The molecule has 1 aliphatic rings. The monoisotopic (exact) mass is 539 g/mol. The molecule has 3 aromatic rings. The van der Waals surface area contributed by atoms with Crippen LogP contribution in [0.15, 0.2) is 65.6 Å². The van der Waals surface area contributed by atoms with Gasteiger partial charge in [0.1, 0.15) is 30.5 Å². The Labute approximate surface area is 225 Å². The van der Waals surface area contributed by atoms with Crippen molar-refractivity contribution in [3.8, 4) is 11.5 Å². The molecule has 0 spiro atoms. The van der Waals surface area contributed by atoms with Crippen LogP contribution in [-0.4, -0.2) is 29.2 Å². The maximum absolute atomic E-state index is 14.1. The minimum Gasteiger partial charge on any atom is -0.491 e. The van der Waals surface area contributed by atoms with Crippen molar-refractivity contribution < 1.29 is 23.5 Å². The lowest BCUT2D eigenvalue weighted by Gasteiger charge is -2.17. The Hall–Kier alpha value is -3.29. The van der Waals surface area contributed by atoms with Gasteiger partial charge in [-0.3, -0.25) is 14.5 Å². The Kier molecular flexibility index (Phi) is 8.56. The molecule has 1 fully saturated rings. The zero-order valence-electron chi connectivity index (χ0n) is 20.8. The van der Waals surface area contributed by atoms with E-state index >= 15 is 0 Å². The SMILES string of the molecule is Cc1ccc(C(C)C)c(OCCN2C(=O)S/C(=C\c3ccccc3OCc3c(F)cccc3Cl)C2=O)c1. The number of benzene rings is 3. The summed E-state index contributed by atoms with van der Waals surface area (Å²) in [4.78, 5) is 27.1. The Morgan fingerprint density at radius 2 is 1.81 bits per heavy atom. The fourth-order valence-electron chi connectivity index (χ4n) is 3.88. The molecule has 1 aliphatic heterocycles. The molecule has 8 heteroatoms. The molecule has 0 N–H and O–H groups in total. The van der Waals surface area contributed by atoms with Gasteiger partial charge in [0.15, 0.2) is 0 Å². The number of para-hydroxylation sites is 1. The molecule has 0 unspecified atom stereocenters. The van der Waals surface area contributed by atoms with Crippen LogP contribution < -0.4 is 9.47 Å². The molecule has 0 bridgehead atoms. The molecule has 1 saturated heterocycles. The van der Waals surface area contributed by atoms with E-state index in [0.29, 0.717) is 11.3 Å². The summed E-state index contributed by atoms with van der Waals surface area (Å²) in [7, 11) is 0. The maximum atomic E-state index is 14.1. The number of hydrogen-bond donors (Lipinski definition) is 0. The van der Waals surface area contributed by atoms with Crippen molar-refractivity contribution in [3.63, 3.8) is 0 Å². The Bertz CT molecular complexity index is 1340. The lowest BCUT2D eigenvalue weighted by atomic mass is 10.0. The fourth-order valence-corrected chi connectivity index (χ4v) is 4.95. The van der Waals surface area contributed by atoms with Gasteiger partial charge in [0.05, 0.1) is 16.5 Å². The minimum atomic E-state index is -0.459. The summed E-state index contributed by atoms with van der Waals surface area (Å²) in [5, 5.41) is -0.0864. The van der Waals surface area contributed by atoms with Gasteiger partial charge in [-0.1, -0.05) is 61.8 Å². The molecular weight excluding hydrogens is 513 g/mol. The number of hydrogen-bond acceptors (Lipinski definition) is 5. The molecule has 2 amide bonds. The number of nitrogens with zero attached hydrogens (tertiary/aromatic N) is 1. The number of aryl methyl sites for hydroxylation is 1. The number of thioether (sulfide) groups is 1. The first kappa shape index (κ1) is 26.8. The molecule has 0 aromatic heterocycles. The fraction of sp³-hybridized carbons (Fsp3) is 0.241. The zero-order valence-corrected chi connectivity index (χ0v) is 22.4. The van der Waals surface area contributed by atoms with Crippen molar-refractivity contribution >= 4 is 40.6 Å². The van der Waals surface area contributed by atoms with Gasteiger partial charge in [-0.05, 0) is 66.1 Å². The summed E-state index contributed by atoms with van der Waals surface area (Å²) in [5.41, 5.74) is 2.99. The van der Waals surface area contributed by atoms with Crippen LogP contribution in [0.25, 0.3) is 6.08 Å². The highest BCUT2D eigenvalue weighted by atomic mass is 35.5. The number of ether oxygens (including phenoxy) is 2. The number of amides is 2. The van der Waals surface area contributed by atoms with Crippen LogP contribution in [0.1, 0.15) is 42.0 Å². The van der Waals surface area contributed by atoms with E-state index in [9.17, 15) is 14.0 Å². The van der Waals surface area contributed by atoms with E-state index < -0.39 is 5.82 Å². The van der Waals surface area contributed by atoms with Gasteiger partial charge in [0.25, 0.3) is 11.1 Å². The minimum absolute atomic E-state index is 0.0769. The lowest BCUT2D eigenvalue weighted by Crippen LogP contribution is -2.32. The molecule has 1 heterocycles. The van der Waals surface area contributed by atoms with E-state index in [1.165, 1.54) is 17.0 Å². The van der Waals surface area contributed by atoms with Crippen LogP contribution in [0.2, 0.25) is 5.02 Å². The third-order valence-electron chi connectivity index (χ3n) is 5.88. The van der Waals surface area contributed by atoms with Crippen LogP contribution in [0.4, 0.5) is 9.18 Å². The first-order valence-corrected chi connectivity index (χ1v) is 13.1. The van der Waals surface area contributed by atoms with Crippen molar-refractivity contribution in [2.24, 2.45) is 0 Å². The first-order valence-electron chi connectivity index (χ1n) is 11.9. The molecule has 0 radical (unpaired) electrons. The van der Waals surface area contributed by atoms with Crippen LogP contribution >= 0.6 is 23.4 Å². The second kappa shape index (κ2) is 11.8. The summed E-state index contributed by atoms with van der Waals surface area (Å²) in [5.74, 6) is 0.641. The van der Waals surface area contributed by atoms with Crippen molar-refractivity contribution in [2.75, 3.05) is 13.2 Å². The van der Waals surface area contributed by atoms with Gasteiger partial charge in [-0.25, -0.2) is 4.39 Å². The summed E-state index contributed by atoms with van der Waals surface area (Å²) in [6, 6.07) is 17.5. The smallest absolute Gasteiger partial charge is 0.293 e. The van der Waals surface area contributed by atoms with Gasteiger partial charge in [-0.2, -0.15) is 0 Å². The van der Waals surface area contributed by atoms with Gasteiger partial charge in [0, 0.05) is 11.1 Å². The molecule has 0 aliphatic carbocycles. The molecule has 4 rings (SSSR count). The average Bonchev–Trinajstić information content (AvgIpc) is 3.12. The Balaban J connectivity index is 1.44. The lowest BCUT2D eigenvalue weighted by molar-refractivity contribution is -0.123. The number of imide groups is 1. The van der Waals surface area contributed by atoms with Crippen LogP contribution in [0.5, 0.6) is 11.5 Å². The number of halogens is 2. The molecule has 192 valence electrons. The number of carbonyl (C=O) groups is 2. The summed E-state index contributed by atoms with van der Waals surface area (Å²) in [6.45, 7) is 6.42. The Morgan fingerprint density at radius 3 is 2.57 bits per heavy atom. The van der Waals surface area contributed by atoms with Crippen molar-refractivity contribution in [1.82, 2.24) is 4.90 Å². The molecular formula is C29H27ClFNO4S. The van der Waals surface area contributed by atoms with Gasteiger partial charge in [-0.15, -0.1) is 0 Å². The largest absolute Gasteiger partial charge is 0.491 e. The predicted octanol–water partition coefficient (Wildman–Crippen LogP) is 7.61. The van der Waals surface area contributed by atoms with E-state index in [1.54, 1.807) is 36.4 Å². The van der Waals surface area contributed by atoms with Gasteiger partial charge < -0.3 is 9.47 Å². The van der Waals surface area contributed by atoms with Crippen LogP contribution in [-0.2, 0) is 11.4 Å². The van der Waals surface area contributed by atoms with Crippen LogP contribution in [0, 0.1) is 12.7 Å². The predicted molar refractivity (Wildman–Crippen MR) is 146 cm³/mol. The van der Waals surface area contributed by atoms with E-state index in [0.717, 1.165) is 28.6 Å². The van der Waals surface area contributed by atoms with Crippen molar-refractivity contribution in [3.05, 3.63) is 98.7 Å². The topological polar surface area (TPSA) is 55.8 Å². The molecule has 0 atom stereocenters. The zero-order chi connectivity index (χ0) is 26.5. The third-order valence-corrected chi connectivity index (χ3v) is 7.14. The number of rotatable bonds is 9. The highest BCUT2D eigenvalue weighted by Gasteiger charge is 2.35. The van der Waals surface area contributed by atoms with E-state index in [2.05, 4.69) is 13.8 Å². The second-order valence-electron chi connectivity index (χ2n) is 8.90. The molecule has 0 saturated carbocycles. The van der Waals surface area contributed by atoms with E-state index in [-0.39, 0.29) is 52.3 Å². The summed E-state index contributed by atoms with van der Waals surface area (Å²) < 4.78 is 25.9. The van der Waals surface area contributed by atoms with E-state index in [4.69, 9.17) is 21.1 Å². The van der Waals surface area contributed by atoms with Gasteiger partial charge in [0.2, 0.25) is 0 Å².